The zero-order valence-electron chi connectivity index (χ0n) is 47.8. The molecule has 0 bridgehead atoms. The van der Waals surface area contributed by atoms with Crippen LogP contribution < -0.4 is 53.8 Å². The molecule has 30 nitrogen and oxygen atoms in total. The monoisotopic (exact) mass is 1200 g/mol. The Bertz CT molecular complexity index is 2920. The predicted octanol–water partition coefficient (Wildman–Crippen LogP) is -2.63. The van der Waals surface area contributed by atoms with Crippen molar-refractivity contribution in [1.29, 1.82) is 0 Å². The largest absolute Gasteiger partial charge is 0.507 e. The fourth-order valence-electron chi connectivity index (χ4n) is 10.7. The molecule has 0 aromatic heterocycles. The summed E-state index contributed by atoms with van der Waals surface area (Å²) in [5.74, 6) is -10.7. The molecule has 2 aliphatic heterocycles. The van der Waals surface area contributed by atoms with Gasteiger partial charge in [-0.1, -0.05) is 38.1 Å². The molecule has 2 aliphatic carbocycles. The first-order chi connectivity index (χ1) is 40.2. The van der Waals surface area contributed by atoms with Gasteiger partial charge in [0.2, 0.25) is 35.3 Å². The summed E-state index contributed by atoms with van der Waals surface area (Å²) in [4.78, 5) is 133. The Labute approximate surface area is 488 Å². The van der Waals surface area contributed by atoms with Crippen molar-refractivity contribution >= 4 is 64.7 Å². The molecule has 2 heterocycles. The summed E-state index contributed by atoms with van der Waals surface area (Å²) in [6.45, 7) is 3.76. The van der Waals surface area contributed by atoms with Crippen molar-refractivity contribution in [2.75, 3.05) is 40.0 Å². The molecule has 30 heteroatoms. The number of nitrogens with one attached hydrogen (secondary N) is 6. The van der Waals surface area contributed by atoms with Crippen LogP contribution in [0.4, 0.5) is 0 Å². The topological polar surface area (TPSA) is 487 Å². The number of carboxylic acid groups (broad SMARTS) is 1. The van der Waals surface area contributed by atoms with Crippen LogP contribution in [0.15, 0.2) is 28.3 Å². The smallest absolute Gasteiger partial charge is 0.326 e. The molecule has 466 valence electrons. The maximum atomic E-state index is 14.3. The Kier molecular flexibility index (Phi) is 22.7. The number of nitrogens with zero attached hydrogens (tertiary/aromatic N) is 2. The average molecular weight is 1200 g/mol. The first-order valence-electron chi connectivity index (χ1n) is 27.8. The van der Waals surface area contributed by atoms with Crippen LogP contribution in [0.2, 0.25) is 0 Å². The van der Waals surface area contributed by atoms with Gasteiger partial charge in [-0.15, -0.1) is 0 Å². The molecule has 2 fully saturated rings. The Morgan fingerprint density at radius 3 is 2.22 bits per heavy atom. The maximum Gasteiger partial charge on any atom is 0.326 e. The summed E-state index contributed by atoms with van der Waals surface area (Å²) in [5, 5.41) is 84.6. The minimum Gasteiger partial charge on any atom is -0.507 e. The number of fused-ring (bicyclic) bond motifs is 3. The summed E-state index contributed by atoms with van der Waals surface area (Å²) in [6.07, 6.45) is -5.56. The van der Waals surface area contributed by atoms with Crippen molar-refractivity contribution < 1.29 is 92.8 Å². The lowest BCUT2D eigenvalue weighted by molar-refractivity contribution is -0.244. The van der Waals surface area contributed by atoms with Crippen LogP contribution in [0.1, 0.15) is 135 Å². The summed E-state index contributed by atoms with van der Waals surface area (Å²) in [6, 6.07) is -4.26. The van der Waals surface area contributed by atoms with Gasteiger partial charge in [-0.25, -0.2) is 4.79 Å². The van der Waals surface area contributed by atoms with Gasteiger partial charge in [0, 0.05) is 47.7 Å². The number of benzene rings is 2. The van der Waals surface area contributed by atoms with Gasteiger partial charge in [-0.2, -0.15) is 0 Å². The van der Waals surface area contributed by atoms with Crippen molar-refractivity contribution in [3.8, 4) is 17.2 Å². The van der Waals surface area contributed by atoms with Gasteiger partial charge < -0.3 is 98.8 Å². The van der Waals surface area contributed by atoms with Crippen LogP contribution in [-0.4, -0.2) is 190 Å². The minimum atomic E-state index is -1.71. The molecule has 0 spiro atoms. The highest BCUT2D eigenvalue weighted by atomic mass is 16.7. The summed E-state index contributed by atoms with van der Waals surface area (Å²) in [7, 11) is 1.30. The third-order valence-electron chi connectivity index (χ3n) is 15.2. The van der Waals surface area contributed by atoms with Crippen LogP contribution in [0, 0.1) is 11.3 Å². The number of phenolic OH excluding ortho intramolecular Hbond substituents is 2. The van der Waals surface area contributed by atoms with E-state index in [1.54, 1.807) is 27.7 Å². The molecule has 0 saturated carbocycles. The highest BCUT2D eigenvalue weighted by Crippen LogP contribution is 2.54. The highest BCUT2D eigenvalue weighted by Gasteiger charge is 2.49. The quantitative estimate of drug-likeness (QED) is 0.0216. The van der Waals surface area contributed by atoms with Gasteiger partial charge in [-0.05, 0) is 70.3 Å². The zero-order chi connectivity index (χ0) is 62.6. The fourth-order valence-corrected chi connectivity index (χ4v) is 10.7. The van der Waals surface area contributed by atoms with Gasteiger partial charge in [0.25, 0.3) is 5.91 Å². The number of methoxy groups -OCH3 is 1. The number of ketones is 2. The van der Waals surface area contributed by atoms with E-state index in [-0.39, 0.29) is 116 Å². The van der Waals surface area contributed by atoms with Crippen LogP contribution in [0.5, 0.6) is 17.2 Å². The van der Waals surface area contributed by atoms with Crippen molar-refractivity contribution in [2.45, 2.75) is 153 Å². The molecule has 2 aromatic rings. The number of phenols is 2. The number of aliphatic imine (C=N–C) groups is 1. The second-order valence-electron chi connectivity index (χ2n) is 22.1. The minimum absolute atomic E-state index is 0.00230. The predicted molar refractivity (Wildman–Crippen MR) is 299 cm³/mol. The number of hydrogen-bond acceptors (Lipinski definition) is 21. The second-order valence-corrected chi connectivity index (χ2v) is 22.1. The lowest BCUT2D eigenvalue weighted by Crippen LogP contribution is -2.60. The van der Waals surface area contributed by atoms with E-state index in [0.717, 1.165) is 0 Å². The van der Waals surface area contributed by atoms with E-state index >= 15 is 0 Å². The molecule has 2 aromatic carbocycles. The number of hydrogen-bond donors (Lipinski definition) is 15. The van der Waals surface area contributed by atoms with E-state index in [9.17, 15) is 73.8 Å². The molecule has 4 aliphatic rings. The maximum absolute atomic E-state index is 14.3. The SMILES string of the molecule is COc1cccc2c1C(=O)c1c(O)c3c(c(O)c1C2=O)C[C@@](C)(/C(CO)=N/OCC(=O)N[C@H]1CC(=O)NCCCC[C@@H](C(=O)O)NC(=O)[C@H](CO)NC(=O)[C@H](CCCN=C(N)N)NC(=O)[C@H](CC(C)C)NC1=O)C[C@@H]3OC1CC(N)C(O)C(C)O1. The normalized spacial score (nSPS) is 27.3. The second kappa shape index (κ2) is 29.2. The molecule has 6 amide bonds. The van der Waals surface area contributed by atoms with Gasteiger partial charge in [-0.3, -0.25) is 43.3 Å². The number of amides is 6. The Morgan fingerprint density at radius 2 is 1.58 bits per heavy atom. The van der Waals surface area contributed by atoms with E-state index in [4.69, 9.17) is 36.2 Å². The third kappa shape index (κ3) is 16.0. The van der Waals surface area contributed by atoms with E-state index in [1.807, 2.05) is 0 Å². The zero-order valence-corrected chi connectivity index (χ0v) is 47.8. The first-order valence-corrected chi connectivity index (χ1v) is 27.8. The van der Waals surface area contributed by atoms with Gasteiger partial charge in [0.1, 0.15) is 47.5 Å². The highest BCUT2D eigenvalue weighted by molar-refractivity contribution is 6.31. The number of carbonyl (C=O) groups excluding carboxylic acids is 8. The fraction of sp³-hybridized carbons (Fsp3) is 0.582. The van der Waals surface area contributed by atoms with Crippen molar-refractivity contribution in [2.24, 2.45) is 38.7 Å². The molecule has 0 radical (unpaired) electrons. The van der Waals surface area contributed by atoms with Crippen LogP contribution in [0.3, 0.4) is 0 Å². The summed E-state index contributed by atoms with van der Waals surface area (Å²) in [5.41, 5.74) is 14.1. The number of aliphatic hydroxyl groups is 3. The number of rotatable bonds is 17. The molecule has 2 saturated heterocycles. The molecule has 18 N–H and O–H groups in total. The van der Waals surface area contributed by atoms with E-state index in [0.29, 0.717) is 0 Å². The van der Waals surface area contributed by atoms with E-state index in [1.165, 1.54) is 25.3 Å². The van der Waals surface area contributed by atoms with Crippen molar-refractivity contribution in [3.63, 3.8) is 0 Å². The van der Waals surface area contributed by atoms with Crippen LogP contribution >= 0.6 is 0 Å². The number of oxime groups is 1. The van der Waals surface area contributed by atoms with E-state index in [2.05, 4.69) is 42.0 Å². The van der Waals surface area contributed by atoms with E-state index < -0.39 is 168 Å². The number of aromatic hydroxyl groups is 2. The van der Waals surface area contributed by atoms with Gasteiger partial charge in [0.05, 0.1) is 67.5 Å². The third-order valence-corrected chi connectivity index (χ3v) is 15.2. The van der Waals surface area contributed by atoms with Crippen LogP contribution in [-0.2, 0) is 54.3 Å². The Hall–Kier alpha value is -8.03. The molecular weight excluding hydrogens is 1120 g/mol. The lowest BCUT2D eigenvalue weighted by Gasteiger charge is -2.43. The average Bonchev–Trinajstić information content (AvgIpc) is 1.35. The van der Waals surface area contributed by atoms with Crippen molar-refractivity contribution in [1.82, 2.24) is 31.9 Å². The Morgan fingerprint density at radius 1 is 0.906 bits per heavy atom. The standard InChI is InChI=1S/C55H77N11O19/c1-24(2)16-31-50(77)62-29(12-9-15-60-54(57)58)49(76)65-33(21-67)52(79)63-30(53(80)81)11-6-7-14-59-37(69)18-32(51(78)64-31)61-38(70)23-83-66-36(22-68)55(4)19-27-41(35(20-55)85-39-17-28(56)44(71)25(3)84-39)48(75)43-42(46(27)73)45(72)26-10-8-13-34(82-5)40(26)47(43)74/h8,10,13,24-25,28-33,35,39,44,67-68,71,73,75H,6-7,9,11-12,14-23,56H2,1-5H3,(H,59,69)(H,61,70)(H,62,77)(H,63,79)(H,64,78)(H,65,76)(H,80,81)(H4,57,58,60)/b66-36+/t25?,28?,29-,30-,31-,32-,33-,35-,39?,44?,55+/m0/s1. The Balaban J connectivity index is 1.28. The molecule has 11 atom stereocenters. The summed E-state index contributed by atoms with van der Waals surface area (Å²) < 4.78 is 17.8. The lowest BCUT2D eigenvalue weighted by atomic mass is 9.66. The number of aliphatic carboxylic acids is 1. The molecule has 6 rings (SSSR count). The number of aliphatic hydroxyl groups excluding tert-OH is 3. The number of carboxylic acids is 1. The molecular formula is C55H77N11O19. The molecule has 4 unspecified atom stereocenters. The van der Waals surface area contributed by atoms with Gasteiger partial charge in [0.15, 0.2) is 24.6 Å². The van der Waals surface area contributed by atoms with Gasteiger partial charge >= 0.3 is 5.97 Å². The number of guanidine groups is 1. The summed E-state index contributed by atoms with van der Waals surface area (Å²) >= 11 is 0. The first kappa shape index (κ1) is 66.1. The van der Waals surface area contributed by atoms with Crippen molar-refractivity contribution in [3.05, 3.63) is 51.6 Å². The van der Waals surface area contributed by atoms with Crippen LogP contribution in [0.25, 0.3) is 0 Å². The number of nitrogens with two attached hydrogens (primary N) is 3. The number of carbonyl (C=O) groups is 9. The molecule has 85 heavy (non-hydrogen) atoms. The number of ether oxygens (including phenoxy) is 3.